The topological polar surface area (TPSA) is 0 Å². The Morgan fingerprint density at radius 1 is 0.298 bits per heavy atom. The quantitative estimate of drug-likeness (QED) is 0.174. The lowest BCUT2D eigenvalue weighted by Gasteiger charge is -2.19. The van der Waals surface area contributed by atoms with Crippen molar-refractivity contribution in [3.8, 4) is 33.4 Å². The van der Waals surface area contributed by atoms with E-state index < -0.39 is 0 Å². The van der Waals surface area contributed by atoms with Gasteiger partial charge in [0.1, 0.15) is 0 Å². The van der Waals surface area contributed by atoms with Crippen LogP contribution in [0.1, 0.15) is 0 Å². The first kappa shape index (κ1) is 26.5. The average molecular weight is 613 g/mol. The van der Waals surface area contributed by atoms with Crippen LogP contribution in [-0.4, -0.2) is 0 Å². The summed E-state index contributed by atoms with van der Waals surface area (Å²) in [5.41, 5.74) is 7.62. The Morgan fingerprint density at radius 2 is 0.830 bits per heavy atom. The third-order valence-corrected chi connectivity index (χ3v) is 11.0. The van der Waals surface area contributed by atoms with E-state index in [-0.39, 0.29) is 0 Å². The summed E-state index contributed by atoms with van der Waals surface area (Å²) in [6.45, 7) is 0. The van der Waals surface area contributed by atoms with Crippen molar-refractivity contribution in [2.75, 3.05) is 0 Å². The zero-order valence-corrected chi connectivity index (χ0v) is 26.4. The molecule has 1 heterocycles. The highest BCUT2D eigenvalue weighted by Gasteiger charge is 2.20. The van der Waals surface area contributed by atoms with Gasteiger partial charge in [0.15, 0.2) is 0 Å². The highest BCUT2D eigenvalue weighted by molar-refractivity contribution is 7.26. The maximum absolute atomic E-state index is 2.44. The third kappa shape index (κ3) is 4.00. The van der Waals surface area contributed by atoms with Gasteiger partial charge in [-0.15, -0.1) is 11.3 Å². The summed E-state index contributed by atoms with van der Waals surface area (Å²) in [4.78, 5) is 0. The molecule has 10 rings (SSSR count). The van der Waals surface area contributed by atoms with E-state index >= 15 is 0 Å². The van der Waals surface area contributed by atoms with Gasteiger partial charge >= 0.3 is 0 Å². The molecule has 47 heavy (non-hydrogen) atoms. The SMILES string of the molecule is c1ccc(-c2ccc(-c3c4ccccc4c(-c4ccc5sc6ccc7ccccc7c6c5c4)c4ccccc34)c3ccccc23)cc1. The van der Waals surface area contributed by atoms with E-state index in [1.165, 1.54) is 96.6 Å². The molecule has 0 aliphatic carbocycles. The van der Waals surface area contributed by atoms with Crippen LogP contribution in [0.15, 0.2) is 170 Å². The van der Waals surface area contributed by atoms with Gasteiger partial charge in [-0.05, 0) is 94.7 Å². The van der Waals surface area contributed by atoms with Gasteiger partial charge in [-0.25, -0.2) is 0 Å². The first-order chi connectivity index (χ1) is 23.3. The molecule has 10 aromatic rings. The molecule has 0 aliphatic rings. The van der Waals surface area contributed by atoms with Crippen LogP contribution in [0.4, 0.5) is 0 Å². The molecule has 0 aliphatic heterocycles. The lowest BCUT2D eigenvalue weighted by atomic mass is 9.83. The molecular weight excluding hydrogens is 585 g/mol. The van der Waals surface area contributed by atoms with E-state index in [0.717, 1.165) is 0 Å². The molecular formula is C46H28S. The van der Waals surface area contributed by atoms with Gasteiger partial charge in [-0.2, -0.15) is 0 Å². The standard InChI is InChI=1S/C46H28S/c1-2-12-29(13-3-1)32-24-25-40(35-17-7-6-16-34(32)35)45-38-20-10-8-18-36(38)44(37-19-9-11-21-39(37)45)31-23-26-42-41(28-31)46-33-15-5-4-14-30(33)22-27-43(46)47-42/h1-28H. The van der Waals surface area contributed by atoms with Crippen molar-refractivity contribution in [3.63, 3.8) is 0 Å². The van der Waals surface area contributed by atoms with E-state index in [1.807, 2.05) is 11.3 Å². The Labute approximate surface area is 276 Å². The second-order valence-corrected chi connectivity index (χ2v) is 13.5. The van der Waals surface area contributed by atoms with Crippen molar-refractivity contribution in [2.24, 2.45) is 0 Å². The molecule has 0 fully saturated rings. The van der Waals surface area contributed by atoms with Crippen molar-refractivity contribution in [1.82, 2.24) is 0 Å². The second-order valence-electron chi connectivity index (χ2n) is 12.4. The molecule has 1 aromatic heterocycles. The summed E-state index contributed by atoms with van der Waals surface area (Å²) < 4.78 is 2.67. The fourth-order valence-electron chi connectivity index (χ4n) is 7.82. The minimum atomic E-state index is 1.24. The van der Waals surface area contributed by atoms with E-state index in [4.69, 9.17) is 0 Å². The summed E-state index contributed by atoms with van der Waals surface area (Å²) in [7, 11) is 0. The van der Waals surface area contributed by atoms with Gasteiger partial charge in [0.25, 0.3) is 0 Å². The predicted molar refractivity (Wildman–Crippen MR) is 206 cm³/mol. The largest absolute Gasteiger partial charge is 0.135 e. The Kier molecular flexibility index (Phi) is 5.85. The Morgan fingerprint density at radius 3 is 1.53 bits per heavy atom. The molecule has 1 heteroatoms. The van der Waals surface area contributed by atoms with Crippen molar-refractivity contribution < 1.29 is 0 Å². The van der Waals surface area contributed by atoms with E-state index in [0.29, 0.717) is 0 Å². The lowest BCUT2D eigenvalue weighted by Crippen LogP contribution is -1.92. The first-order valence-electron chi connectivity index (χ1n) is 16.2. The highest BCUT2D eigenvalue weighted by atomic mass is 32.1. The number of thiophene rings is 1. The fourth-order valence-corrected chi connectivity index (χ4v) is 8.92. The molecule has 0 radical (unpaired) electrons. The Hall–Kier alpha value is -5.76. The monoisotopic (exact) mass is 612 g/mol. The van der Waals surface area contributed by atoms with Crippen molar-refractivity contribution in [2.45, 2.75) is 0 Å². The smallest absolute Gasteiger partial charge is 0.0361 e. The molecule has 0 saturated heterocycles. The Bertz CT molecular complexity index is 2780. The maximum atomic E-state index is 2.44. The molecule has 0 unspecified atom stereocenters. The summed E-state index contributed by atoms with van der Waals surface area (Å²) in [5, 5.41) is 13.0. The van der Waals surface area contributed by atoms with Crippen molar-refractivity contribution >= 4 is 74.6 Å². The second kappa shape index (κ2) is 10.4. The normalized spacial score (nSPS) is 11.8. The molecule has 0 amide bonds. The molecule has 0 bridgehead atoms. The third-order valence-electron chi connectivity index (χ3n) is 9.86. The van der Waals surface area contributed by atoms with Crippen LogP contribution in [0, 0.1) is 0 Å². The molecule has 0 N–H and O–H groups in total. The lowest BCUT2D eigenvalue weighted by molar-refractivity contribution is 1.64. The van der Waals surface area contributed by atoms with E-state index in [9.17, 15) is 0 Å². The van der Waals surface area contributed by atoms with Crippen LogP contribution >= 0.6 is 11.3 Å². The van der Waals surface area contributed by atoms with Crippen LogP contribution in [0.2, 0.25) is 0 Å². The van der Waals surface area contributed by atoms with Gasteiger partial charge in [-0.1, -0.05) is 152 Å². The van der Waals surface area contributed by atoms with Gasteiger partial charge in [0.05, 0.1) is 0 Å². The van der Waals surface area contributed by atoms with Crippen LogP contribution in [0.5, 0.6) is 0 Å². The van der Waals surface area contributed by atoms with Gasteiger partial charge in [-0.3, -0.25) is 0 Å². The van der Waals surface area contributed by atoms with Crippen LogP contribution in [0.3, 0.4) is 0 Å². The molecule has 218 valence electrons. The first-order valence-corrected chi connectivity index (χ1v) is 17.0. The molecule has 0 nitrogen and oxygen atoms in total. The maximum Gasteiger partial charge on any atom is 0.0361 e. The summed E-state index contributed by atoms with van der Waals surface area (Å²) in [5.74, 6) is 0. The molecule has 0 saturated carbocycles. The predicted octanol–water partition coefficient (Wildman–Crippen LogP) is 13.7. The van der Waals surface area contributed by atoms with Crippen LogP contribution < -0.4 is 0 Å². The van der Waals surface area contributed by atoms with Gasteiger partial charge in [0, 0.05) is 20.2 Å². The molecule has 0 spiro atoms. The minimum Gasteiger partial charge on any atom is -0.135 e. The van der Waals surface area contributed by atoms with E-state index in [1.54, 1.807) is 0 Å². The molecule has 0 atom stereocenters. The summed E-state index contributed by atoms with van der Waals surface area (Å²) in [6, 6.07) is 62.7. The Balaban J connectivity index is 1.29. The number of hydrogen-bond acceptors (Lipinski definition) is 1. The highest BCUT2D eigenvalue weighted by Crippen LogP contribution is 2.48. The summed E-state index contributed by atoms with van der Waals surface area (Å²) in [6.07, 6.45) is 0. The van der Waals surface area contributed by atoms with Crippen LogP contribution in [-0.2, 0) is 0 Å². The number of hydrogen-bond donors (Lipinski definition) is 0. The number of benzene rings is 9. The summed E-state index contributed by atoms with van der Waals surface area (Å²) >= 11 is 1.89. The van der Waals surface area contributed by atoms with Crippen molar-refractivity contribution in [3.05, 3.63) is 170 Å². The minimum absolute atomic E-state index is 1.24. The van der Waals surface area contributed by atoms with E-state index in [2.05, 4.69) is 170 Å². The number of fused-ring (bicyclic) bond motifs is 8. The number of rotatable bonds is 3. The van der Waals surface area contributed by atoms with Crippen LogP contribution in [0.25, 0.3) is 96.6 Å². The molecule has 9 aromatic carbocycles. The van der Waals surface area contributed by atoms with Crippen molar-refractivity contribution in [1.29, 1.82) is 0 Å². The fraction of sp³-hybridized carbons (Fsp3) is 0. The average Bonchev–Trinajstić information content (AvgIpc) is 3.52. The van der Waals surface area contributed by atoms with Gasteiger partial charge in [0.2, 0.25) is 0 Å². The zero-order valence-electron chi connectivity index (χ0n) is 25.6. The van der Waals surface area contributed by atoms with Gasteiger partial charge < -0.3 is 0 Å². The zero-order chi connectivity index (χ0) is 30.9.